The Balaban J connectivity index is 2.09. The molecule has 0 aromatic heterocycles. The van der Waals surface area contributed by atoms with E-state index in [0.717, 1.165) is 24.7 Å². The quantitative estimate of drug-likeness (QED) is 0.796. The van der Waals surface area contributed by atoms with Crippen LogP contribution in [0.15, 0.2) is 18.2 Å². The lowest BCUT2D eigenvalue weighted by Gasteiger charge is -2.21. The van der Waals surface area contributed by atoms with Crippen LogP contribution in [0, 0.1) is 11.3 Å². The van der Waals surface area contributed by atoms with Crippen molar-refractivity contribution in [1.29, 1.82) is 5.26 Å². The number of benzene rings is 1. The molecule has 1 aromatic rings. The standard InChI is InChI=1S/C14H17ClN2/c1-2-7-17(13-5-6-13)10-12-4-3-11(9-16)8-14(12)15/h3-4,8,13H,2,5-7,10H2,1H3. The zero-order chi connectivity index (χ0) is 12.3. The second kappa shape index (κ2) is 5.53. The van der Waals surface area contributed by atoms with Crippen molar-refractivity contribution in [3.8, 4) is 6.07 Å². The van der Waals surface area contributed by atoms with Gasteiger partial charge in [0.15, 0.2) is 0 Å². The van der Waals surface area contributed by atoms with Gasteiger partial charge in [0.2, 0.25) is 0 Å². The molecular weight excluding hydrogens is 232 g/mol. The summed E-state index contributed by atoms with van der Waals surface area (Å²) in [6.45, 7) is 4.24. The Labute approximate surface area is 108 Å². The molecule has 0 heterocycles. The molecule has 0 atom stereocenters. The molecule has 0 radical (unpaired) electrons. The van der Waals surface area contributed by atoms with Gasteiger partial charge >= 0.3 is 0 Å². The maximum absolute atomic E-state index is 8.80. The van der Waals surface area contributed by atoms with Crippen molar-refractivity contribution in [2.45, 2.75) is 38.8 Å². The van der Waals surface area contributed by atoms with Gasteiger partial charge in [-0.1, -0.05) is 24.6 Å². The Bertz CT molecular complexity index is 432. The number of nitrogens with zero attached hydrogens (tertiary/aromatic N) is 2. The fraction of sp³-hybridized carbons (Fsp3) is 0.500. The van der Waals surface area contributed by atoms with Gasteiger partial charge in [-0.15, -0.1) is 0 Å². The molecule has 3 heteroatoms. The predicted molar refractivity (Wildman–Crippen MR) is 69.9 cm³/mol. The molecule has 2 nitrogen and oxygen atoms in total. The van der Waals surface area contributed by atoms with Gasteiger partial charge in [-0.05, 0) is 43.5 Å². The van der Waals surface area contributed by atoms with Crippen molar-refractivity contribution >= 4 is 11.6 Å². The van der Waals surface area contributed by atoms with E-state index in [4.69, 9.17) is 16.9 Å². The molecule has 0 spiro atoms. The Morgan fingerprint density at radius 1 is 1.47 bits per heavy atom. The molecule has 1 fully saturated rings. The van der Waals surface area contributed by atoms with Crippen molar-refractivity contribution in [2.75, 3.05) is 6.54 Å². The molecule has 2 rings (SSSR count). The number of hydrogen-bond acceptors (Lipinski definition) is 2. The van der Waals surface area contributed by atoms with Crippen LogP contribution in [-0.2, 0) is 6.54 Å². The summed E-state index contributed by atoms with van der Waals surface area (Å²) < 4.78 is 0. The highest BCUT2D eigenvalue weighted by molar-refractivity contribution is 6.31. The molecule has 0 unspecified atom stereocenters. The zero-order valence-electron chi connectivity index (χ0n) is 10.1. The van der Waals surface area contributed by atoms with Crippen LogP contribution in [0.5, 0.6) is 0 Å². The van der Waals surface area contributed by atoms with E-state index in [0.29, 0.717) is 10.6 Å². The first-order chi connectivity index (χ1) is 8.24. The summed E-state index contributed by atoms with van der Waals surface area (Å²) in [5, 5.41) is 9.51. The summed E-state index contributed by atoms with van der Waals surface area (Å²) in [5.74, 6) is 0. The molecular formula is C14H17ClN2. The lowest BCUT2D eigenvalue weighted by Crippen LogP contribution is -2.26. The fourth-order valence-electron chi connectivity index (χ4n) is 2.08. The molecule has 0 bridgehead atoms. The van der Waals surface area contributed by atoms with Gasteiger partial charge in [0.25, 0.3) is 0 Å². The van der Waals surface area contributed by atoms with E-state index in [1.54, 1.807) is 6.07 Å². The molecule has 1 aliphatic carbocycles. The van der Waals surface area contributed by atoms with Crippen LogP contribution >= 0.6 is 11.6 Å². The first-order valence-electron chi connectivity index (χ1n) is 6.17. The van der Waals surface area contributed by atoms with Crippen LogP contribution in [-0.4, -0.2) is 17.5 Å². The minimum Gasteiger partial charge on any atom is -0.296 e. The lowest BCUT2D eigenvalue weighted by molar-refractivity contribution is 0.255. The van der Waals surface area contributed by atoms with Crippen LogP contribution in [0.4, 0.5) is 0 Å². The van der Waals surface area contributed by atoms with E-state index < -0.39 is 0 Å². The lowest BCUT2D eigenvalue weighted by atomic mass is 10.1. The van der Waals surface area contributed by atoms with Crippen LogP contribution in [0.25, 0.3) is 0 Å². The van der Waals surface area contributed by atoms with E-state index in [-0.39, 0.29) is 0 Å². The summed E-state index contributed by atoms with van der Waals surface area (Å²) >= 11 is 6.20. The molecule has 0 amide bonds. The SMILES string of the molecule is CCCN(Cc1ccc(C#N)cc1Cl)C1CC1. The number of rotatable bonds is 5. The van der Waals surface area contributed by atoms with Gasteiger partial charge in [0.1, 0.15) is 0 Å². The minimum atomic E-state index is 0.632. The van der Waals surface area contributed by atoms with E-state index in [9.17, 15) is 0 Å². The maximum atomic E-state index is 8.80. The normalized spacial score (nSPS) is 14.9. The Morgan fingerprint density at radius 2 is 2.24 bits per heavy atom. The third-order valence-electron chi connectivity index (χ3n) is 3.13. The first-order valence-corrected chi connectivity index (χ1v) is 6.55. The molecule has 0 saturated heterocycles. The molecule has 17 heavy (non-hydrogen) atoms. The molecule has 0 N–H and O–H groups in total. The highest BCUT2D eigenvalue weighted by atomic mass is 35.5. The molecule has 1 saturated carbocycles. The Morgan fingerprint density at radius 3 is 2.76 bits per heavy atom. The van der Waals surface area contributed by atoms with Crippen molar-refractivity contribution in [3.63, 3.8) is 0 Å². The van der Waals surface area contributed by atoms with Crippen molar-refractivity contribution in [1.82, 2.24) is 4.90 Å². The van der Waals surface area contributed by atoms with Crippen molar-refractivity contribution < 1.29 is 0 Å². The number of hydrogen-bond donors (Lipinski definition) is 0. The topological polar surface area (TPSA) is 27.0 Å². The smallest absolute Gasteiger partial charge is 0.0992 e. The summed E-state index contributed by atoms with van der Waals surface area (Å²) in [6.07, 6.45) is 3.80. The first kappa shape index (κ1) is 12.4. The molecule has 0 aliphatic heterocycles. The van der Waals surface area contributed by atoms with E-state index in [1.807, 2.05) is 12.1 Å². The summed E-state index contributed by atoms with van der Waals surface area (Å²) in [6, 6.07) is 8.44. The maximum Gasteiger partial charge on any atom is 0.0992 e. The van der Waals surface area contributed by atoms with Gasteiger partial charge in [0, 0.05) is 17.6 Å². The minimum absolute atomic E-state index is 0.632. The Kier molecular flexibility index (Phi) is 4.04. The summed E-state index contributed by atoms with van der Waals surface area (Å²) in [7, 11) is 0. The van der Waals surface area contributed by atoms with E-state index >= 15 is 0 Å². The predicted octanol–water partition coefficient (Wildman–Crippen LogP) is 3.59. The van der Waals surface area contributed by atoms with Gasteiger partial charge in [-0.3, -0.25) is 4.90 Å². The summed E-state index contributed by atoms with van der Waals surface area (Å²) in [4.78, 5) is 2.49. The van der Waals surface area contributed by atoms with E-state index in [2.05, 4.69) is 17.9 Å². The summed E-state index contributed by atoms with van der Waals surface area (Å²) in [5.41, 5.74) is 1.76. The number of nitriles is 1. The highest BCUT2D eigenvalue weighted by Gasteiger charge is 2.28. The average molecular weight is 249 g/mol. The second-order valence-electron chi connectivity index (χ2n) is 4.62. The fourth-order valence-corrected chi connectivity index (χ4v) is 2.32. The van der Waals surface area contributed by atoms with Crippen LogP contribution in [0.2, 0.25) is 5.02 Å². The van der Waals surface area contributed by atoms with Gasteiger partial charge in [-0.2, -0.15) is 5.26 Å². The van der Waals surface area contributed by atoms with Crippen LogP contribution in [0.3, 0.4) is 0 Å². The Hall–Kier alpha value is -1.04. The van der Waals surface area contributed by atoms with Gasteiger partial charge in [-0.25, -0.2) is 0 Å². The molecule has 1 aliphatic rings. The average Bonchev–Trinajstić information content (AvgIpc) is 3.14. The highest BCUT2D eigenvalue weighted by Crippen LogP contribution is 2.30. The van der Waals surface area contributed by atoms with Gasteiger partial charge < -0.3 is 0 Å². The molecule has 90 valence electrons. The molecule has 1 aromatic carbocycles. The van der Waals surface area contributed by atoms with Crippen LogP contribution in [0.1, 0.15) is 37.3 Å². The van der Waals surface area contributed by atoms with Crippen LogP contribution < -0.4 is 0 Å². The van der Waals surface area contributed by atoms with Crippen molar-refractivity contribution in [2.24, 2.45) is 0 Å². The largest absolute Gasteiger partial charge is 0.296 e. The van der Waals surface area contributed by atoms with Crippen molar-refractivity contribution in [3.05, 3.63) is 34.3 Å². The number of halogens is 1. The third-order valence-corrected chi connectivity index (χ3v) is 3.48. The van der Waals surface area contributed by atoms with E-state index in [1.165, 1.54) is 19.3 Å². The zero-order valence-corrected chi connectivity index (χ0v) is 10.9. The third kappa shape index (κ3) is 3.21. The second-order valence-corrected chi connectivity index (χ2v) is 5.03. The van der Waals surface area contributed by atoms with Gasteiger partial charge in [0.05, 0.1) is 11.6 Å². The monoisotopic (exact) mass is 248 g/mol.